The molecule has 2 unspecified atom stereocenters. The van der Waals surface area contributed by atoms with Gasteiger partial charge in [-0.25, -0.2) is 4.79 Å². The molecule has 0 radical (unpaired) electrons. The third-order valence-electron chi connectivity index (χ3n) is 4.46. The molecule has 0 heterocycles. The summed E-state index contributed by atoms with van der Waals surface area (Å²) in [7, 11) is 0. The van der Waals surface area contributed by atoms with E-state index in [2.05, 4.69) is 23.3 Å². The number of carbonyl (C=O) groups excluding carboxylic acids is 1. The second kappa shape index (κ2) is 10.5. The van der Waals surface area contributed by atoms with E-state index >= 15 is 0 Å². The SMILES string of the molecule is O=C(O)CCC(NC(=O)C(CS)Cc1ccccc1)(Nc1ccccc1)C(=O)O. The molecule has 29 heavy (non-hydrogen) atoms. The molecule has 7 nitrogen and oxygen atoms in total. The van der Waals surface area contributed by atoms with Crippen molar-refractivity contribution in [1.29, 1.82) is 0 Å². The lowest BCUT2D eigenvalue weighted by Gasteiger charge is -2.33. The first kappa shape index (κ1) is 22.3. The fraction of sp³-hybridized carbons (Fsp3) is 0.286. The Kier molecular flexibility index (Phi) is 8.09. The maximum atomic E-state index is 12.9. The van der Waals surface area contributed by atoms with E-state index in [0.717, 1.165) is 5.56 Å². The molecule has 4 N–H and O–H groups in total. The van der Waals surface area contributed by atoms with Crippen LogP contribution in [0, 0.1) is 5.92 Å². The number of aliphatic carboxylic acids is 2. The molecule has 0 fully saturated rings. The average Bonchev–Trinajstić information content (AvgIpc) is 2.71. The summed E-state index contributed by atoms with van der Waals surface area (Å²) in [4.78, 5) is 36.2. The lowest BCUT2D eigenvalue weighted by atomic mass is 9.97. The van der Waals surface area contributed by atoms with E-state index in [1.54, 1.807) is 30.3 Å². The van der Waals surface area contributed by atoms with Gasteiger partial charge in [-0.2, -0.15) is 12.6 Å². The van der Waals surface area contributed by atoms with Crippen LogP contribution in [0.4, 0.5) is 5.69 Å². The van der Waals surface area contributed by atoms with Gasteiger partial charge in [-0.05, 0) is 24.1 Å². The number of rotatable bonds is 11. The molecule has 1 amide bonds. The smallest absolute Gasteiger partial charge is 0.350 e. The van der Waals surface area contributed by atoms with Gasteiger partial charge in [0.25, 0.3) is 0 Å². The first-order valence-corrected chi connectivity index (χ1v) is 9.75. The number of benzene rings is 2. The molecule has 8 heteroatoms. The minimum absolute atomic E-state index is 0.209. The zero-order valence-electron chi connectivity index (χ0n) is 15.7. The molecule has 2 aromatic carbocycles. The van der Waals surface area contributed by atoms with E-state index in [4.69, 9.17) is 5.11 Å². The van der Waals surface area contributed by atoms with E-state index in [-0.39, 0.29) is 12.2 Å². The number of carboxylic acid groups (broad SMARTS) is 2. The van der Waals surface area contributed by atoms with Gasteiger partial charge in [0, 0.05) is 24.3 Å². The summed E-state index contributed by atoms with van der Waals surface area (Å²) >= 11 is 4.25. The Morgan fingerprint density at radius 1 is 0.966 bits per heavy atom. The van der Waals surface area contributed by atoms with E-state index in [9.17, 15) is 19.5 Å². The van der Waals surface area contributed by atoms with Gasteiger partial charge in [-0.15, -0.1) is 0 Å². The van der Waals surface area contributed by atoms with Gasteiger partial charge >= 0.3 is 11.9 Å². The predicted octanol–water partition coefficient (Wildman–Crippen LogP) is 2.65. The van der Waals surface area contributed by atoms with Crippen LogP contribution in [0.3, 0.4) is 0 Å². The van der Waals surface area contributed by atoms with Crippen molar-refractivity contribution in [2.24, 2.45) is 5.92 Å². The zero-order chi connectivity index (χ0) is 21.3. The van der Waals surface area contributed by atoms with Crippen LogP contribution < -0.4 is 10.6 Å². The Balaban J connectivity index is 2.26. The largest absolute Gasteiger partial charge is 0.481 e. The van der Waals surface area contributed by atoms with Gasteiger partial charge in [0.05, 0.1) is 5.92 Å². The molecule has 0 saturated heterocycles. The molecule has 2 aromatic rings. The summed E-state index contributed by atoms with van der Waals surface area (Å²) in [5.41, 5.74) is -0.593. The summed E-state index contributed by atoms with van der Waals surface area (Å²) in [5, 5.41) is 24.3. The van der Waals surface area contributed by atoms with E-state index in [0.29, 0.717) is 12.1 Å². The molecule has 0 aromatic heterocycles. The molecule has 0 spiro atoms. The number of carbonyl (C=O) groups is 3. The van der Waals surface area contributed by atoms with Gasteiger partial charge in [0.1, 0.15) is 0 Å². The molecule has 0 aliphatic carbocycles. The Hall–Kier alpha value is -3.00. The van der Waals surface area contributed by atoms with E-state index in [1.165, 1.54) is 0 Å². The highest BCUT2D eigenvalue weighted by atomic mass is 32.1. The van der Waals surface area contributed by atoms with Gasteiger partial charge in [-0.3, -0.25) is 9.59 Å². The van der Waals surface area contributed by atoms with Crippen molar-refractivity contribution in [3.05, 3.63) is 66.2 Å². The quantitative estimate of drug-likeness (QED) is 0.284. The molecule has 0 bridgehead atoms. The highest BCUT2D eigenvalue weighted by molar-refractivity contribution is 7.80. The second-order valence-corrected chi connectivity index (χ2v) is 7.02. The van der Waals surface area contributed by atoms with E-state index < -0.39 is 35.8 Å². The Labute approximate surface area is 174 Å². The summed E-state index contributed by atoms with van der Waals surface area (Å²) in [6, 6.07) is 17.8. The van der Waals surface area contributed by atoms with Crippen molar-refractivity contribution >= 4 is 36.2 Å². The monoisotopic (exact) mass is 416 g/mol. The van der Waals surface area contributed by atoms with Crippen LogP contribution >= 0.6 is 12.6 Å². The maximum absolute atomic E-state index is 12.9. The van der Waals surface area contributed by atoms with Crippen LogP contribution in [0.2, 0.25) is 0 Å². The Morgan fingerprint density at radius 2 is 1.55 bits per heavy atom. The summed E-state index contributed by atoms with van der Waals surface area (Å²) < 4.78 is 0. The average molecular weight is 416 g/mol. The second-order valence-electron chi connectivity index (χ2n) is 6.65. The molecule has 2 rings (SSSR count). The summed E-state index contributed by atoms with van der Waals surface area (Å²) in [6.07, 6.45) is -0.379. The van der Waals surface area contributed by atoms with Crippen molar-refractivity contribution in [1.82, 2.24) is 5.32 Å². The number of carboxylic acids is 2. The summed E-state index contributed by atoms with van der Waals surface area (Å²) in [6.45, 7) is 0. The number of hydrogen-bond acceptors (Lipinski definition) is 5. The third kappa shape index (κ3) is 6.53. The van der Waals surface area contributed by atoms with Crippen molar-refractivity contribution in [2.75, 3.05) is 11.1 Å². The molecule has 154 valence electrons. The van der Waals surface area contributed by atoms with Crippen LogP contribution in [0.1, 0.15) is 18.4 Å². The number of para-hydroxylation sites is 1. The lowest BCUT2D eigenvalue weighted by molar-refractivity contribution is -0.148. The maximum Gasteiger partial charge on any atom is 0.350 e. The van der Waals surface area contributed by atoms with Gasteiger partial charge in [0.15, 0.2) is 0 Å². The summed E-state index contributed by atoms with van der Waals surface area (Å²) in [5.74, 6) is -3.41. The molecule has 0 aliphatic heterocycles. The number of thiol groups is 1. The van der Waals surface area contributed by atoms with Crippen LogP contribution in [0.25, 0.3) is 0 Å². The van der Waals surface area contributed by atoms with Crippen LogP contribution in [0.15, 0.2) is 60.7 Å². The van der Waals surface area contributed by atoms with Gasteiger partial charge in [-0.1, -0.05) is 48.5 Å². The van der Waals surface area contributed by atoms with Gasteiger partial charge in [0.2, 0.25) is 11.6 Å². The minimum atomic E-state index is -1.96. The fourth-order valence-corrected chi connectivity index (χ4v) is 3.18. The van der Waals surface area contributed by atoms with Crippen molar-refractivity contribution in [2.45, 2.75) is 24.9 Å². The van der Waals surface area contributed by atoms with Crippen LogP contribution in [-0.4, -0.2) is 39.5 Å². The first-order valence-electron chi connectivity index (χ1n) is 9.11. The van der Waals surface area contributed by atoms with Crippen LogP contribution in [0.5, 0.6) is 0 Å². The minimum Gasteiger partial charge on any atom is -0.481 e. The number of nitrogens with one attached hydrogen (secondary N) is 2. The molecular formula is C21H24N2O5S. The molecular weight excluding hydrogens is 392 g/mol. The molecule has 2 atom stereocenters. The number of anilines is 1. The third-order valence-corrected chi connectivity index (χ3v) is 4.90. The highest BCUT2D eigenvalue weighted by Crippen LogP contribution is 2.21. The fourth-order valence-electron chi connectivity index (χ4n) is 2.88. The number of hydrogen-bond donors (Lipinski definition) is 5. The number of amides is 1. The normalized spacial score (nSPS) is 13.7. The molecule has 0 saturated carbocycles. The van der Waals surface area contributed by atoms with E-state index in [1.807, 2.05) is 30.3 Å². The highest BCUT2D eigenvalue weighted by Gasteiger charge is 2.41. The topological polar surface area (TPSA) is 116 Å². The van der Waals surface area contributed by atoms with Crippen molar-refractivity contribution in [3.8, 4) is 0 Å². The van der Waals surface area contributed by atoms with Gasteiger partial charge < -0.3 is 20.8 Å². The van der Waals surface area contributed by atoms with Crippen molar-refractivity contribution < 1.29 is 24.6 Å². The van der Waals surface area contributed by atoms with Crippen molar-refractivity contribution in [3.63, 3.8) is 0 Å². The lowest BCUT2D eigenvalue weighted by Crippen LogP contribution is -2.61. The first-order chi connectivity index (χ1) is 13.9. The Morgan fingerprint density at radius 3 is 2.07 bits per heavy atom. The molecule has 0 aliphatic rings. The standard InChI is InChI=1S/C21H24N2O5S/c24-18(25)11-12-21(20(27)28,22-17-9-5-2-6-10-17)23-19(26)16(14-29)13-15-7-3-1-4-8-15/h1-10,16,22,29H,11-14H2,(H,23,26)(H,24,25)(H,27,28). The predicted molar refractivity (Wildman–Crippen MR) is 113 cm³/mol. The Bertz CT molecular complexity index is 831. The zero-order valence-corrected chi connectivity index (χ0v) is 16.6. The van der Waals surface area contributed by atoms with Crippen LogP contribution in [-0.2, 0) is 20.8 Å².